The Morgan fingerprint density at radius 2 is 1.71 bits per heavy atom. The summed E-state index contributed by atoms with van der Waals surface area (Å²) >= 11 is 0. The molecule has 0 heterocycles. The van der Waals surface area contributed by atoms with E-state index in [2.05, 4.69) is 15.4 Å². The minimum atomic E-state index is -0.961. The second kappa shape index (κ2) is 9.20. The third-order valence-electron chi connectivity index (χ3n) is 3.10. The Hall–Kier alpha value is -1.79. The Bertz CT molecular complexity index is 368. The van der Waals surface area contributed by atoms with Gasteiger partial charge < -0.3 is 20.5 Å². The molecule has 122 valence electrons. The van der Waals surface area contributed by atoms with Crippen LogP contribution in [-0.2, 0) is 14.3 Å². The first-order chi connectivity index (χ1) is 9.68. The van der Waals surface area contributed by atoms with Gasteiger partial charge in [0.1, 0.15) is 6.04 Å². The Morgan fingerprint density at radius 3 is 2.10 bits per heavy atom. The van der Waals surface area contributed by atoms with E-state index < -0.39 is 29.9 Å². The molecular formula is C14H26N2O5. The third-order valence-corrected chi connectivity index (χ3v) is 3.10. The van der Waals surface area contributed by atoms with Crippen molar-refractivity contribution in [1.29, 1.82) is 0 Å². The van der Waals surface area contributed by atoms with Gasteiger partial charge in [0.2, 0.25) is 0 Å². The molecule has 7 heteroatoms. The van der Waals surface area contributed by atoms with E-state index in [0.717, 1.165) is 0 Å². The highest BCUT2D eigenvalue weighted by Gasteiger charge is 2.25. The molecule has 21 heavy (non-hydrogen) atoms. The molecule has 0 saturated heterocycles. The van der Waals surface area contributed by atoms with E-state index in [-0.39, 0.29) is 18.4 Å². The molecule has 0 fully saturated rings. The molecule has 0 bridgehead atoms. The number of carbonyl (C=O) groups is 3. The van der Waals surface area contributed by atoms with Gasteiger partial charge in [0.25, 0.3) is 0 Å². The average Bonchev–Trinajstić information content (AvgIpc) is 2.35. The summed E-state index contributed by atoms with van der Waals surface area (Å²) in [5, 5.41) is 14.0. The summed E-state index contributed by atoms with van der Waals surface area (Å²) in [5.74, 6) is -2.04. The monoisotopic (exact) mass is 302 g/mol. The molecule has 0 rings (SSSR count). The molecule has 0 aliphatic heterocycles. The second-order valence-corrected chi connectivity index (χ2v) is 5.75. The lowest BCUT2D eigenvalue weighted by molar-refractivity contribution is -0.144. The van der Waals surface area contributed by atoms with E-state index in [1.54, 1.807) is 13.8 Å². The maximum absolute atomic E-state index is 11.8. The second-order valence-electron chi connectivity index (χ2n) is 5.75. The normalized spacial score (nSPS) is 13.7. The van der Waals surface area contributed by atoms with Crippen molar-refractivity contribution in [1.82, 2.24) is 10.6 Å². The van der Waals surface area contributed by atoms with Gasteiger partial charge in [-0.3, -0.25) is 4.79 Å². The first-order valence-electron chi connectivity index (χ1n) is 7.04. The van der Waals surface area contributed by atoms with Crippen LogP contribution in [0.5, 0.6) is 0 Å². The zero-order valence-electron chi connectivity index (χ0n) is 13.3. The number of hydrogen-bond acceptors (Lipinski definition) is 4. The summed E-state index contributed by atoms with van der Waals surface area (Å²) in [5.41, 5.74) is 0. The van der Waals surface area contributed by atoms with Crippen LogP contribution in [0.4, 0.5) is 4.79 Å². The highest BCUT2D eigenvalue weighted by atomic mass is 16.5. The van der Waals surface area contributed by atoms with Crippen molar-refractivity contribution < 1.29 is 24.2 Å². The number of carboxylic acids is 1. The van der Waals surface area contributed by atoms with Gasteiger partial charge in [-0.05, 0) is 18.3 Å². The molecule has 0 saturated carbocycles. The first kappa shape index (κ1) is 19.2. The van der Waals surface area contributed by atoms with Gasteiger partial charge in [0.05, 0.1) is 13.0 Å². The van der Waals surface area contributed by atoms with Gasteiger partial charge in [-0.25, -0.2) is 9.59 Å². The number of rotatable bonds is 8. The molecule has 3 N–H and O–H groups in total. The van der Waals surface area contributed by atoms with Crippen LogP contribution in [0.2, 0.25) is 0 Å². The number of hydrogen-bond donors (Lipinski definition) is 3. The molecule has 0 aliphatic carbocycles. The average molecular weight is 302 g/mol. The van der Waals surface area contributed by atoms with Gasteiger partial charge in [-0.15, -0.1) is 0 Å². The van der Waals surface area contributed by atoms with Crippen molar-refractivity contribution in [2.45, 2.75) is 40.2 Å². The maximum atomic E-state index is 11.8. The lowest BCUT2D eigenvalue weighted by Crippen LogP contribution is -2.48. The van der Waals surface area contributed by atoms with Gasteiger partial charge in [0.15, 0.2) is 0 Å². The maximum Gasteiger partial charge on any atom is 0.328 e. The van der Waals surface area contributed by atoms with Crippen LogP contribution in [-0.4, -0.2) is 42.8 Å². The number of amides is 2. The first-order valence-corrected chi connectivity index (χ1v) is 7.04. The molecular weight excluding hydrogens is 276 g/mol. The highest BCUT2D eigenvalue weighted by Crippen LogP contribution is 2.10. The van der Waals surface area contributed by atoms with E-state index in [9.17, 15) is 14.4 Å². The predicted molar refractivity (Wildman–Crippen MR) is 77.8 cm³/mol. The number of carboxylic acid groups (broad SMARTS) is 1. The van der Waals surface area contributed by atoms with Crippen molar-refractivity contribution >= 4 is 18.0 Å². The largest absolute Gasteiger partial charge is 0.481 e. The topological polar surface area (TPSA) is 105 Å². The van der Waals surface area contributed by atoms with Crippen molar-refractivity contribution in [2.75, 3.05) is 13.7 Å². The summed E-state index contributed by atoms with van der Waals surface area (Å²) in [6.45, 7) is 7.40. The van der Waals surface area contributed by atoms with Crippen molar-refractivity contribution in [3.8, 4) is 0 Å². The van der Waals surface area contributed by atoms with E-state index in [1.807, 2.05) is 13.8 Å². The van der Waals surface area contributed by atoms with Gasteiger partial charge >= 0.3 is 18.0 Å². The van der Waals surface area contributed by atoms with Crippen molar-refractivity contribution in [3.05, 3.63) is 0 Å². The van der Waals surface area contributed by atoms with Crippen molar-refractivity contribution in [3.63, 3.8) is 0 Å². The van der Waals surface area contributed by atoms with Crippen LogP contribution >= 0.6 is 0 Å². The summed E-state index contributed by atoms with van der Waals surface area (Å²) < 4.78 is 4.64. The number of methoxy groups -OCH3 is 1. The van der Waals surface area contributed by atoms with Crippen LogP contribution in [0, 0.1) is 17.8 Å². The van der Waals surface area contributed by atoms with Gasteiger partial charge in [0, 0.05) is 6.54 Å². The summed E-state index contributed by atoms with van der Waals surface area (Å²) in [7, 11) is 1.26. The molecule has 2 amide bonds. The number of urea groups is 1. The highest BCUT2D eigenvalue weighted by molar-refractivity contribution is 5.83. The molecule has 0 radical (unpaired) electrons. The summed E-state index contributed by atoms with van der Waals surface area (Å²) in [4.78, 5) is 34.4. The molecule has 2 unspecified atom stereocenters. The number of nitrogens with one attached hydrogen (secondary N) is 2. The number of ether oxygens (including phenoxy) is 1. The van der Waals surface area contributed by atoms with E-state index in [0.29, 0.717) is 6.42 Å². The summed E-state index contributed by atoms with van der Waals surface area (Å²) in [6, 6.07) is -1.31. The minimum absolute atomic E-state index is 0.00834. The van der Waals surface area contributed by atoms with E-state index in [4.69, 9.17) is 5.11 Å². The number of esters is 1. The fraction of sp³-hybridized carbons (Fsp3) is 0.786. The lowest BCUT2D eigenvalue weighted by Gasteiger charge is -2.20. The third kappa shape index (κ3) is 7.53. The quantitative estimate of drug-likeness (QED) is 0.585. The van der Waals surface area contributed by atoms with Crippen LogP contribution in [0.25, 0.3) is 0 Å². The lowest BCUT2D eigenvalue weighted by atomic mass is 9.96. The fourth-order valence-electron chi connectivity index (χ4n) is 1.85. The van der Waals surface area contributed by atoms with Gasteiger partial charge in [-0.2, -0.15) is 0 Å². The fourth-order valence-corrected chi connectivity index (χ4v) is 1.85. The molecule has 0 aromatic rings. The Kier molecular flexibility index (Phi) is 8.42. The Labute approximate surface area is 125 Å². The van der Waals surface area contributed by atoms with E-state index >= 15 is 0 Å². The molecule has 0 spiro atoms. The molecule has 0 aliphatic rings. The van der Waals surface area contributed by atoms with Crippen LogP contribution in [0.15, 0.2) is 0 Å². The smallest absolute Gasteiger partial charge is 0.328 e. The van der Waals surface area contributed by atoms with Crippen LogP contribution in [0.1, 0.15) is 34.1 Å². The zero-order valence-corrected chi connectivity index (χ0v) is 13.3. The molecule has 0 aromatic carbocycles. The van der Waals surface area contributed by atoms with Gasteiger partial charge in [-0.1, -0.05) is 27.7 Å². The molecule has 2 atom stereocenters. The van der Waals surface area contributed by atoms with E-state index in [1.165, 1.54) is 7.11 Å². The zero-order chi connectivity index (χ0) is 16.6. The Morgan fingerprint density at radius 1 is 1.14 bits per heavy atom. The number of carbonyl (C=O) groups excluding carboxylic acids is 2. The van der Waals surface area contributed by atoms with Crippen LogP contribution in [0.3, 0.4) is 0 Å². The standard InChI is InChI=1S/C14H26N2O5/c1-8(2)6-11(13(19)21-5)16-14(20)15-7-10(9(3)4)12(17)18/h8-11H,6-7H2,1-5H3,(H,17,18)(H2,15,16,20). The Balaban J connectivity index is 4.50. The molecule has 0 aromatic heterocycles. The van der Waals surface area contributed by atoms with Crippen LogP contribution < -0.4 is 10.6 Å². The predicted octanol–water partition coefficient (Wildman–Crippen LogP) is 1.23. The van der Waals surface area contributed by atoms with Crippen molar-refractivity contribution in [2.24, 2.45) is 17.8 Å². The SMILES string of the molecule is COC(=O)C(CC(C)C)NC(=O)NCC(C(=O)O)C(C)C. The summed E-state index contributed by atoms with van der Waals surface area (Å²) in [6.07, 6.45) is 0.451. The minimum Gasteiger partial charge on any atom is -0.481 e. The number of aliphatic carboxylic acids is 1. The molecule has 7 nitrogen and oxygen atoms in total.